The van der Waals surface area contributed by atoms with Gasteiger partial charge in [-0.3, -0.25) is 0 Å². The fourth-order valence-corrected chi connectivity index (χ4v) is 2.06. The van der Waals surface area contributed by atoms with Gasteiger partial charge in [0.2, 0.25) is 10.6 Å². The summed E-state index contributed by atoms with van der Waals surface area (Å²) >= 11 is 17.3. The second-order valence-corrected chi connectivity index (χ2v) is 6.37. The first-order chi connectivity index (χ1) is 9.52. The Bertz CT molecular complexity index is 646. The summed E-state index contributed by atoms with van der Waals surface area (Å²) < 4.78 is 8.91. The van der Waals surface area contributed by atoms with Crippen LogP contribution in [0.2, 0.25) is 0 Å². The van der Waals surface area contributed by atoms with Gasteiger partial charge in [-0.2, -0.15) is 0 Å². The minimum absolute atomic E-state index is 0.105. The summed E-state index contributed by atoms with van der Waals surface area (Å²) in [5.41, 5.74) is 0.968. The zero-order chi connectivity index (χ0) is 14.2. The van der Waals surface area contributed by atoms with E-state index in [1.54, 1.807) is 0 Å². The third-order valence-corrected chi connectivity index (χ3v) is 3.18. The Kier molecular flexibility index (Phi) is 3.58. The molecule has 0 spiro atoms. The Hall–Kier alpha value is -1.30. The van der Waals surface area contributed by atoms with E-state index in [4.69, 9.17) is 44.3 Å². The van der Waals surface area contributed by atoms with Crippen molar-refractivity contribution < 1.29 is 9.47 Å². The van der Waals surface area contributed by atoms with Gasteiger partial charge in [-0.25, -0.2) is 15.0 Å². The second kappa shape index (κ2) is 5.24. The number of nitrogens with zero attached hydrogens (tertiary/aromatic N) is 3. The summed E-state index contributed by atoms with van der Waals surface area (Å²) in [6.45, 7) is 0.238. The monoisotopic (exact) mass is 331 g/mol. The fraction of sp³-hybridized carbons (Fsp3) is 0.250. The molecule has 0 aliphatic carbocycles. The molecule has 2 heterocycles. The standard InChI is InChI=1S/C12H8Cl3N3O2/c13-12(14,15)11-17-5-16-10(18-11)4-7-1-2-8-9(3-7)20-6-19-8/h1-3,5H,4,6H2. The van der Waals surface area contributed by atoms with Crippen LogP contribution in [0.1, 0.15) is 17.2 Å². The highest BCUT2D eigenvalue weighted by atomic mass is 35.6. The minimum atomic E-state index is -1.66. The van der Waals surface area contributed by atoms with Gasteiger partial charge >= 0.3 is 0 Å². The summed E-state index contributed by atoms with van der Waals surface area (Å²) in [6, 6.07) is 5.63. The molecule has 1 aliphatic rings. The summed E-state index contributed by atoms with van der Waals surface area (Å²) in [6.07, 6.45) is 1.81. The van der Waals surface area contributed by atoms with Gasteiger partial charge in [-0.05, 0) is 17.7 Å². The summed E-state index contributed by atoms with van der Waals surface area (Å²) in [5, 5.41) is 0. The van der Waals surface area contributed by atoms with E-state index in [1.165, 1.54) is 6.33 Å². The maximum atomic E-state index is 5.75. The van der Waals surface area contributed by atoms with Crippen molar-refractivity contribution in [3.8, 4) is 11.5 Å². The van der Waals surface area contributed by atoms with Gasteiger partial charge < -0.3 is 9.47 Å². The molecular formula is C12H8Cl3N3O2. The first kappa shape index (κ1) is 13.7. The number of hydrogen-bond donors (Lipinski definition) is 0. The summed E-state index contributed by atoms with van der Waals surface area (Å²) in [4.78, 5) is 12.1. The Morgan fingerprint density at radius 3 is 2.70 bits per heavy atom. The average molecular weight is 333 g/mol. The molecule has 0 bridgehead atoms. The van der Waals surface area contributed by atoms with Gasteiger partial charge in [0, 0.05) is 6.42 Å². The third kappa shape index (κ3) is 2.90. The second-order valence-electron chi connectivity index (χ2n) is 4.09. The van der Waals surface area contributed by atoms with Gasteiger partial charge in [-0.15, -0.1) is 0 Å². The lowest BCUT2D eigenvalue weighted by atomic mass is 10.1. The van der Waals surface area contributed by atoms with Crippen molar-refractivity contribution in [1.29, 1.82) is 0 Å². The molecule has 104 valence electrons. The lowest BCUT2D eigenvalue weighted by molar-refractivity contribution is 0.174. The average Bonchev–Trinajstić information content (AvgIpc) is 2.85. The van der Waals surface area contributed by atoms with Crippen LogP contribution >= 0.6 is 34.8 Å². The van der Waals surface area contributed by atoms with Crippen molar-refractivity contribution in [2.24, 2.45) is 0 Å². The summed E-state index contributed by atoms with van der Waals surface area (Å²) in [7, 11) is 0. The number of ether oxygens (including phenoxy) is 2. The lowest BCUT2D eigenvalue weighted by Gasteiger charge is -2.09. The molecular weight excluding hydrogens is 325 g/mol. The van der Waals surface area contributed by atoms with Crippen LogP contribution in [0.3, 0.4) is 0 Å². The number of aromatic nitrogens is 3. The maximum Gasteiger partial charge on any atom is 0.250 e. The van der Waals surface area contributed by atoms with Crippen LogP contribution in [-0.4, -0.2) is 21.7 Å². The van der Waals surface area contributed by atoms with E-state index >= 15 is 0 Å². The molecule has 2 aromatic rings. The molecule has 3 rings (SSSR count). The van der Waals surface area contributed by atoms with E-state index in [9.17, 15) is 0 Å². The molecule has 20 heavy (non-hydrogen) atoms. The number of halogens is 3. The predicted octanol–water partition coefficient (Wildman–Crippen LogP) is 3.02. The topological polar surface area (TPSA) is 57.1 Å². The van der Waals surface area contributed by atoms with Crippen LogP contribution in [0.15, 0.2) is 24.5 Å². The number of benzene rings is 1. The van der Waals surface area contributed by atoms with Crippen molar-refractivity contribution in [2.45, 2.75) is 10.2 Å². The van der Waals surface area contributed by atoms with E-state index in [-0.39, 0.29) is 12.6 Å². The van der Waals surface area contributed by atoms with Crippen molar-refractivity contribution in [3.63, 3.8) is 0 Å². The number of rotatable bonds is 2. The van der Waals surface area contributed by atoms with Gasteiger partial charge in [0.1, 0.15) is 12.2 Å². The van der Waals surface area contributed by atoms with Crippen LogP contribution in [0, 0.1) is 0 Å². The highest BCUT2D eigenvalue weighted by Crippen LogP contribution is 2.36. The van der Waals surface area contributed by atoms with E-state index < -0.39 is 3.79 Å². The molecule has 8 heteroatoms. The Labute approximate surface area is 129 Å². The smallest absolute Gasteiger partial charge is 0.250 e. The normalized spacial score (nSPS) is 13.6. The minimum Gasteiger partial charge on any atom is -0.454 e. The van der Waals surface area contributed by atoms with Crippen LogP contribution in [-0.2, 0) is 10.2 Å². The Morgan fingerprint density at radius 1 is 1.10 bits per heavy atom. The lowest BCUT2D eigenvalue weighted by Crippen LogP contribution is -2.10. The van der Waals surface area contributed by atoms with Crippen LogP contribution < -0.4 is 9.47 Å². The number of fused-ring (bicyclic) bond motifs is 1. The zero-order valence-electron chi connectivity index (χ0n) is 10.0. The largest absolute Gasteiger partial charge is 0.454 e. The molecule has 0 atom stereocenters. The molecule has 0 N–H and O–H groups in total. The fourth-order valence-electron chi connectivity index (χ4n) is 1.79. The molecule has 5 nitrogen and oxygen atoms in total. The molecule has 0 unspecified atom stereocenters. The van der Waals surface area contributed by atoms with E-state index in [0.29, 0.717) is 18.0 Å². The van der Waals surface area contributed by atoms with Crippen molar-refractivity contribution in [1.82, 2.24) is 15.0 Å². The molecule has 0 saturated heterocycles. The molecule has 1 aromatic carbocycles. The van der Waals surface area contributed by atoms with Crippen molar-refractivity contribution in [2.75, 3.05) is 6.79 Å². The van der Waals surface area contributed by atoms with Gasteiger partial charge in [0.25, 0.3) is 0 Å². The molecule has 1 aromatic heterocycles. The van der Waals surface area contributed by atoms with E-state index in [2.05, 4.69) is 15.0 Å². The predicted molar refractivity (Wildman–Crippen MR) is 74.4 cm³/mol. The van der Waals surface area contributed by atoms with Gasteiger partial charge in [0.15, 0.2) is 17.3 Å². The summed E-state index contributed by atoms with van der Waals surface area (Å²) in [5.74, 6) is 2.05. The van der Waals surface area contributed by atoms with Gasteiger partial charge in [-0.1, -0.05) is 40.9 Å². The first-order valence-corrected chi connectivity index (χ1v) is 6.79. The Morgan fingerprint density at radius 2 is 1.90 bits per heavy atom. The third-order valence-electron chi connectivity index (χ3n) is 2.67. The molecule has 0 fully saturated rings. The van der Waals surface area contributed by atoms with Crippen LogP contribution in [0.5, 0.6) is 11.5 Å². The first-order valence-electron chi connectivity index (χ1n) is 5.66. The molecule has 0 radical (unpaired) electrons. The van der Waals surface area contributed by atoms with Crippen molar-refractivity contribution >= 4 is 34.8 Å². The molecule has 0 saturated carbocycles. The SMILES string of the molecule is ClC(Cl)(Cl)c1ncnc(Cc2ccc3c(c2)OCO3)n1. The van der Waals surface area contributed by atoms with Crippen LogP contribution in [0.4, 0.5) is 0 Å². The maximum absolute atomic E-state index is 5.75. The quantitative estimate of drug-likeness (QED) is 0.791. The van der Waals surface area contributed by atoms with Crippen LogP contribution in [0.25, 0.3) is 0 Å². The highest BCUT2D eigenvalue weighted by Gasteiger charge is 2.27. The molecule has 1 aliphatic heterocycles. The zero-order valence-corrected chi connectivity index (χ0v) is 12.3. The Balaban J connectivity index is 1.84. The number of hydrogen-bond acceptors (Lipinski definition) is 5. The van der Waals surface area contributed by atoms with Crippen molar-refractivity contribution in [3.05, 3.63) is 41.7 Å². The highest BCUT2D eigenvalue weighted by molar-refractivity contribution is 6.66. The van der Waals surface area contributed by atoms with E-state index in [0.717, 1.165) is 11.3 Å². The van der Waals surface area contributed by atoms with Gasteiger partial charge in [0.05, 0.1) is 0 Å². The number of alkyl halides is 3. The van der Waals surface area contributed by atoms with E-state index in [1.807, 2.05) is 18.2 Å². The molecule has 0 amide bonds.